The zero-order chi connectivity index (χ0) is 19.9. The average molecular weight is 391 g/mol. The van der Waals surface area contributed by atoms with E-state index in [1.807, 2.05) is 0 Å². The largest absolute Gasteiger partial charge is 0.508 e. The molecule has 2 rings (SSSR count). The standard InChI is InChI=1S/C18H17NO7S/c1-2-17(21)25-12-11-19-18(22)26-14-5-9-16(10-6-14)27(23,24)15-7-3-13(20)4-8-15/h2-10,20H,1,11-12H2,(H,19,22). The van der Waals surface area contributed by atoms with Crippen molar-refractivity contribution < 1.29 is 32.6 Å². The molecule has 0 aliphatic rings. The number of hydrogen-bond donors (Lipinski definition) is 2. The van der Waals surface area contributed by atoms with Crippen LogP contribution >= 0.6 is 0 Å². The van der Waals surface area contributed by atoms with Gasteiger partial charge in [0.05, 0.1) is 16.3 Å². The van der Waals surface area contributed by atoms with Crippen LogP contribution in [0.3, 0.4) is 0 Å². The molecular weight excluding hydrogens is 374 g/mol. The molecule has 8 nitrogen and oxygen atoms in total. The molecule has 0 heterocycles. The summed E-state index contributed by atoms with van der Waals surface area (Å²) in [5.74, 6) is -0.501. The summed E-state index contributed by atoms with van der Waals surface area (Å²) in [6, 6.07) is 10.4. The number of ether oxygens (including phenoxy) is 2. The molecule has 0 aliphatic heterocycles. The third-order valence-electron chi connectivity index (χ3n) is 3.27. The minimum absolute atomic E-state index is 0.0114. The van der Waals surface area contributed by atoms with Crippen LogP contribution in [-0.4, -0.2) is 38.7 Å². The number of nitrogens with one attached hydrogen (secondary N) is 1. The summed E-state index contributed by atoms with van der Waals surface area (Å²) in [7, 11) is -3.75. The Morgan fingerprint density at radius 1 is 1.04 bits per heavy atom. The number of rotatable bonds is 7. The Morgan fingerprint density at radius 2 is 1.59 bits per heavy atom. The van der Waals surface area contributed by atoms with Gasteiger partial charge in [0.15, 0.2) is 0 Å². The monoisotopic (exact) mass is 391 g/mol. The molecular formula is C18H17NO7S. The van der Waals surface area contributed by atoms with Crippen LogP contribution in [0.5, 0.6) is 11.5 Å². The van der Waals surface area contributed by atoms with Crippen molar-refractivity contribution in [2.45, 2.75) is 9.79 Å². The first-order valence-corrected chi connectivity index (χ1v) is 9.20. The Kier molecular flexibility index (Phi) is 6.56. The maximum absolute atomic E-state index is 12.5. The van der Waals surface area contributed by atoms with Crippen molar-refractivity contribution in [3.8, 4) is 11.5 Å². The number of carbonyl (C=O) groups excluding carboxylic acids is 2. The van der Waals surface area contributed by atoms with Crippen LogP contribution in [0.15, 0.2) is 71.0 Å². The summed E-state index contributed by atoms with van der Waals surface area (Å²) in [5.41, 5.74) is 0. The van der Waals surface area contributed by atoms with Crippen molar-refractivity contribution in [1.29, 1.82) is 0 Å². The molecule has 2 aromatic rings. The van der Waals surface area contributed by atoms with Gasteiger partial charge in [0.2, 0.25) is 9.84 Å². The normalized spacial score (nSPS) is 10.7. The highest BCUT2D eigenvalue weighted by atomic mass is 32.2. The fraction of sp³-hybridized carbons (Fsp3) is 0.111. The minimum atomic E-state index is -3.75. The van der Waals surface area contributed by atoms with E-state index in [1.165, 1.54) is 48.5 Å². The van der Waals surface area contributed by atoms with E-state index in [0.717, 1.165) is 6.08 Å². The van der Waals surface area contributed by atoms with Crippen molar-refractivity contribution in [3.05, 3.63) is 61.2 Å². The third-order valence-corrected chi connectivity index (χ3v) is 5.06. The number of phenolic OH excluding ortho intramolecular Hbond substituents is 1. The molecule has 0 saturated carbocycles. The highest BCUT2D eigenvalue weighted by Gasteiger charge is 2.17. The molecule has 27 heavy (non-hydrogen) atoms. The maximum Gasteiger partial charge on any atom is 0.412 e. The van der Waals surface area contributed by atoms with Crippen LogP contribution in [0.25, 0.3) is 0 Å². The topological polar surface area (TPSA) is 119 Å². The zero-order valence-corrected chi connectivity index (χ0v) is 14.9. The molecule has 2 N–H and O–H groups in total. The Hall–Kier alpha value is -3.33. The van der Waals surface area contributed by atoms with Crippen LogP contribution in [-0.2, 0) is 19.4 Å². The van der Waals surface area contributed by atoms with E-state index in [4.69, 9.17) is 4.74 Å². The second kappa shape index (κ2) is 8.86. The molecule has 0 unspecified atom stereocenters. The minimum Gasteiger partial charge on any atom is -0.508 e. The molecule has 0 bridgehead atoms. The number of phenols is 1. The van der Waals surface area contributed by atoms with Gasteiger partial charge < -0.3 is 19.9 Å². The summed E-state index contributed by atoms with van der Waals surface area (Å²) in [6.07, 6.45) is 0.227. The van der Waals surface area contributed by atoms with Gasteiger partial charge in [-0.2, -0.15) is 0 Å². The lowest BCUT2D eigenvalue weighted by atomic mass is 10.3. The highest BCUT2D eigenvalue weighted by molar-refractivity contribution is 7.91. The van der Waals surface area contributed by atoms with E-state index in [2.05, 4.69) is 16.6 Å². The van der Waals surface area contributed by atoms with Crippen LogP contribution < -0.4 is 10.1 Å². The van der Waals surface area contributed by atoms with E-state index in [-0.39, 0.29) is 34.4 Å². The fourth-order valence-corrected chi connectivity index (χ4v) is 3.22. The quantitative estimate of drug-likeness (QED) is 0.421. The molecule has 2 aromatic carbocycles. The second-order valence-electron chi connectivity index (χ2n) is 5.16. The third kappa shape index (κ3) is 5.58. The van der Waals surface area contributed by atoms with Crippen LogP contribution in [0.1, 0.15) is 0 Å². The number of benzene rings is 2. The van der Waals surface area contributed by atoms with Crippen molar-refractivity contribution in [2.24, 2.45) is 0 Å². The number of esters is 1. The van der Waals surface area contributed by atoms with E-state index in [1.54, 1.807) is 0 Å². The maximum atomic E-state index is 12.5. The van der Waals surface area contributed by atoms with Crippen molar-refractivity contribution >= 4 is 21.9 Å². The molecule has 9 heteroatoms. The van der Waals surface area contributed by atoms with E-state index < -0.39 is 21.9 Å². The van der Waals surface area contributed by atoms with E-state index in [9.17, 15) is 23.1 Å². The number of amides is 1. The van der Waals surface area contributed by atoms with E-state index >= 15 is 0 Å². The lowest BCUT2D eigenvalue weighted by Gasteiger charge is -2.08. The van der Waals surface area contributed by atoms with Gasteiger partial charge in [-0.1, -0.05) is 6.58 Å². The first-order chi connectivity index (χ1) is 12.8. The molecule has 142 valence electrons. The number of carbonyl (C=O) groups is 2. The number of aromatic hydroxyl groups is 1. The predicted octanol–water partition coefficient (Wildman–Crippen LogP) is 2.04. The summed E-state index contributed by atoms with van der Waals surface area (Å²) in [4.78, 5) is 22.5. The van der Waals surface area contributed by atoms with Gasteiger partial charge in [-0.05, 0) is 48.5 Å². The first-order valence-electron chi connectivity index (χ1n) is 7.72. The molecule has 0 fully saturated rings. The first kappa shape index (κ1) is 20.0. The second-order valence-corrected chi connectivity index (χ2v) is 7.11. The Morgan fingerprint density at radius 3 is 2.15 bits per heavy atom. The lowest BCUT2D eigenvalue weighted by Crippen LogP contribution is -2.30. The van der Waals surface area contributed by atoms with Gasteiger partial charge >= 0.3 is 12.1 Å². The van der Waals surface area contributed by atoms with Gasteiger partial charge in [-0.25, -0.2) is 18.0 Å². The summed E-state index contributed by atoms with van der Waals surface area (Å²) in [6.45, 7) is 3.25. The van der Waals surface area contributed by atoms with Gasteiger partial charge in [-0.15, -0.1) is 0 Å². The van der Waals surface area contributed by atoms with Gasteiger partial charge in [-0.3, -0.25) is 0 Å². The van der Waals surface area contributed by atoms with Crippen LogP contribution in [0, 0.1) is 0 Å². The average Bonchev–Trinajstić information content (AvgIpc) is 2.66. The molecule has 0 saturated heterocycles. The van der Waals surface area contributed by atoms with E-state index in [0.29, 0.717) is 0 Å². The molecule has 0 aliphatic carbocycles. The summed E-state index contributed by atoms with van der Waals surface area (Å²) in [5, 5.41) is 11.6. The van der Waals surface area contributed by atoms with Crippen LogP contribution in [0.4, 0.5) is 4.79 Å². The number of hydrogen-bond acceptors (Lipinski definition) is 7. The Balaban J connectivity index is 1.94. The molecule has 0 spiro atoms. The van der Waals surface area contributed by atoms with Crippen molar-refractivity contribution in [2.75, 3.05) is 13.2 Å². The predicted molar refractivity (Wildman–Crippen MR) is 95.2 cm³/mol. The summed E-state index contributed by atoms with van der Waals surface area (Å²) < 4.78 is 34.6. The fourth-order valence-electron chi connectivity index (χ4n) is 1.95. The summed E-state index contributed by atoms with van der Waals surface area (Å²) >= 11 is 0. The lowest BCUT2D eigenvalue weighted by molar-refractivity contribution is -0.137. The number of sulfone groups is 1. The molecule has 0 aromatic heterocycles. The molecule has 0 radical (unpaired) electrons. The van der Waals surface area contributed by atoms with Crippen LogP contribution in [0.2, 0.25) is 0 Å². The zero-order valence-electron chi connectivity index (χ0n) is 14.1. The van der Waals surface area contributed by atoms with Crippen molar-refractivity contribution in [1.82, 2.24) is 5.32 Å². The Labute approximate surface area is 156 Å². The molecule has 0 atom stereocenters. The molecule has 1 amide bonds. The Bertz CT molecular complexity index is 919. The highest BCUT2D eigenvalue weighted by Crippen LogP contribution is 2.24. The van der Waals surface area contributed by atoms with Gasteiger partial charge in [0.1, 0.15) is 18.1 Å². The van der Waals surface area contributed by atoms with Crippen molar-refractivity contribution in [3.63, 3.8) is 0 Å². The van der Waals surface area contributed by atoms with Gasteiger partial charge in [0.25, 0.3) is 0 Å². The SMILES string of the molecule is C=CC(=O)OCCNC(=O)Oc1ccc(S(=O)(=O)c2ccc(O)cc2)cc1. The van der Waals surface area contributed by atoms with Gasteiger partial charge in [0, 0.05) is 6.08 Å². The smallest absolute Gasteiger partial charge is 0.412 e.